The maximum absolute atomic E-state index is 13.0. The Balaban J connectivity index is 1.39. The fourth-order valence-electron chi connectivity index (χ4n) is 4.10. The van der Waals surface area contributed by atoms with Crippen LogP contribution >= 0.6 is 22.9 Å². The number of nitro benzene ring substituents is 1. The number of thiophene rings is 1. The molecule has 5 rings (SSSR count). The van der Waals surface area contributed by atoms with Gasteiger partial charge in [0.1, 0.15) is 16.5 Å². The Morgan fingerprint density at radius 1 is 1.35 bits per heavy atom. The Hall–Kier alpha value is -3.57. The maximum Gasteiger partial charge on any atom is 0.410 e. The minimum Gasteiger partial charge on any atom is -0.457 e. The summed E-state index contributed by atoms with van der Waals surface area (Å²) in [5.74, 6) is 0.546. The summed E-state index contributed by atoms with van der Waals surface area (Å²) < 4.78 is 11.0. The highest BCUT2D eigenvalue weighted by atomic mass is 35.5. The van der Waals surface area contributed by atoms with Gasteiger partial charge in [0.15, 0.2) is 6.17 Å². The van der Waals surface area contributed by atoms with Gasteiger partial charge in [-0.25, -0.2) is 4.79 Å². The van der Waals surface area contributed by atoms with Crippen molar-refractivity contribution in [2.24, 2.45) is 0 Å². The molecule has 4 heterocycles. The highest BCUT2D eigenvalue weighted by Gasteiger charge is 2.35. The van der Waals surface area contributed by atoms with Crippen LogP contribution in [0.2, 0.25) is 5.02 Å². The predicted octanol–water partition coefficient (Wildman–Crippen LogP) is 4.94. The van der Waals surface area contributed by atoms with Crippen molar-refractivity contribution < 1.29 is 23.7 Å². The normalized spacial score (nSPS) is 16.8. The quantitative estimate of drug-likeness (QED) is 0.382. The number of non-ortho nitro benzene ring substituents is 1. The summed E-state index contributed by atoms with van der Waals surface area (Å²) in [5.41, 5.74) is 1.81. The first kappa shape index (κ1) is 22.2. The highest BCUT2D eigenvalue weighted by molar-refractivity contribution is 7.16. The molecule has 2 aromatic heterocycles. The molecule has 0 fully saturated rings. The number of anilines is 1. The lowest BCUT2D eigenvalue weighted by Crippen LogP contribution is -2.39. The van der Waals surface area contributed by atoms with Crippen LogP contribution in [-0.4, -0.2) is 35.0 Å². The van der Waals surface area contributed by atoms with Crippen molar-refractivity contribution in [1.29, 1.82) is 0 Å². The van der Waals surface area contributed by atoms with Crippen LogP contribution in [0.1, 0.15) is 39.6 Å². The number of halogens is 1. The van der Waals surface area contributed by atoms with E-state index in [9.17, 15) is 19.7 Å². The third kappa shape index (κ3) is 3.86. The molecule has 12 heteroatoms. The lowest BCUT2D eigenvalue weighted by Gasteiger charge is -2.27. The zero-order valence-corrected chi connectivity index (χ0v) is 19.5. The van der Waals surface area contributed by atoms with E-state index in [1.807, 2.05) is 0 Å². The lowest BCUT2D eigenvalue weighted by molar-refractivity contribution is -0.384. The van der Waals surface area contributed by atoms with Crippen LogP contribution in [0.25, 0.3) is 11.3 Å². The first-order chi connectivity index (χ1) is 16.4. The Bertz CT molecular complexity index is 1320. The molecule has 0 saturated heterocycles. The van der Waals surface area contributed by atoms with E-state index in [1.165, 1.54) is 29.5 Å². The molecule has 0 spiro atoms. The fourth-order valence-corrected chi connectivity index (χ4v) is 5.60. The second-order valence-electron chi connectivity index (χ2n) is 7.75. The van der Waals surface area contributed by atoms with Crippen LogP contribution in [0.5, 0.6) is 0 Å². The van der Waals surface area contributed by atoms with Crippen LogP contribution in [-0.2, 0) is 17.7 Å². The van der Waals surface area contributed by atoms with Crippen LogP contribution in [0.15, 0.2) is 34.7 Å². The second kappa shape index (κ2) is 8.65. The summed E-state index contributed by atoms with van der Waals surface area (Å²) in [7, 11) is 0. The van der Waals surface area contributed by atoms with Gasteiger partial charge in [0.25, 0.3) is 11.6 Å². The average Bonchev–Trinajstić information content (AvgIpc) is 3.44. The van der Waals surface area contributed by atoms with Crippen LogP contribution in [0.3, 0.4) is 0 Å². The minimum atomic E-state index is -0.632. The van der Waals surface area contributed by atoms with Crippen molar-refractivity contribution in [3.63, 3.8) is 0 Å². The van der Waals surface area contributed by atoms with E-state index in [-0.39, 0.29) is 17.7 Å². The van der Waals surface area contributed by atoms with Gasteiger partial charge >= 0.3 is 6.09 Å². The summed E-state index contributed by atoms with van der Waals surface area (Å²) in [6, 6.07) is 7.45. The number of benzene rings is 1. The molecule has 0 unspecified atom stereocenters. The van der Waals surface area contributed by atoms with Gasteiger partial charge in [-0.15, -0.1) is 11.3 Å². The average molecular weight is 503 g/mol. The number of hydrogen-bond acceptors (Lipinski definition) is 8. The van der Waals surface area contributed by atoms with E-state index < -0.39 is 11.1 Å². The molecule has 1 aromatic carbocycles. The van der Waals surface area contributed by atoms with Gasteiger partial charge in [0.2, 0.25) is 0 Å². The summed E-state index contributed by atoms with van der Waals surface area (Å²) in [5, 5.41) is 18.3. The number of furan rings is 1. The number of amides is 2. The van der Waals surface area contributed by atoms with E-state index in [1.54, 1.807) is 24.0 Å². The smallest absolute Gasteiger partial charge is 0.410 e. The zero-order chi connectivity index (χ0) is 24.0. The number of ether oxygens (including phenoxy) is 1. The van der Waals surface area contributed by atoms with Crippen molar-refractivity contribution >= 4 is 45.6 Å². The van der Waals surface area contributed by atoms with E-state index in [0.29, 0.717) is 58.8 Å². The van der Waals surface area contributed by atoms with Crippen LogP contribution < -0.4 is 10.6 Å². The number of hydrogen-bond donors (Lipinski definition) is 2. The van der Waals surface area contributed by atoms with Gasteiger partial charge in [-0.3, -0.25) is 14.9 Å². The third-order valence-corrected chi connectivity index (χ3v) is 7.18. The molecule has 0 bridgehead atoms. The largest absolute Gasteiger partial charge is 0.457 e. The van der Waals surface area contributed by atoms with Crippen LogP contribution in [0.4, 0.5) is 15.5 Å². The van der Waals surface area contributed by atoms with Gasteiger partial charge in [0.05, 0.1) is 28.7 Å². The molecule has 2 N–H and O–H groups in total. The summed E-state index contributed by atoms with van der Waals surface area (Å²) >= 11 is 7.66. The van der Waals surface area contributed by atoms with Crippen molar-refractivity contribution in [3.8, 4) is 11.3 Å². The second-order valence-corrected chi connectivity index (χ2v) is 9.26. The number of nitrogens with zero attached hydrogens (tertiary/aromatic N) is 2. The Kier molecular flexibility index (Phi) is 5.66. The van der Waals surface area contributed by atoms with Crippen molar-refractivity contribution in [2.75, 3.05) is 18.5 Å². The predicted molar refractivity (Wildman–Crippen MR) is 125 cm³/mol. The monoisotopic (exact) mass is 502 g/mol. The number of fused-ring (bicyclic) bond motifs is 3. The molecular weight excluding hydrogens is 484 g/mol. The van der Waals surface area contributed by atoms with Gasteiger partial charge in [-0.2, -0.15) is 0 Å². The molecule has 0 saturated carbocycles. The van der Waals surface area contributed by atoms with Crippen molar-refractivity contribution in [2.45, 2.75) is 26.1 Å². The third-order valence-electron chi connectivity index (χ3n) is 5.70. The molecule has 10 nitrogen and oxygen atoms in total. The Morgan fingerprint density at radius 2 is 2.18 bits per heavy atom. The van der Waals surface area contributed by atoms with E-state index in [2.05, 4.69) is 10.6 Å². The number of carbonyl (C=O) groups excluding carboxylic acids is 2. The molecular formula is C22H19ClN4O6S. The van der Waals surface area contributed by atoms with Gasteiger partial charge in [0, 0.05) is 29.1 Å². The molecule has 176 valence electrons. The van der Waals surface area contributed by atoms with Gasteiger partial charge in [-0.1, -0.05) is 11.6 Å². The first-order valence-corrected chi connectivity index (χ1v) is 11.7. The Morgan fingerprint density at radius 3 is 2.94 bits per heavy atom. The molecule has 0 aliphatic carbocycles. The highest BCUT2D eigenvalue weighted by Crippen LogP contribution is 2.41. The topological polar surface area (TPSA) is 127 Å². The number of rotatable bonds is 4. The summed E-state index contributed by atoms with van der Waals surface area (Å²) in [6.07, 6.45) is -0.430. The summed E-state index contributed by atoms with van der Waals surface area (Å²) in [4.78, 5) is 38.3. The van der Waals surface area contributed by atoms with Crippen molar-refractivity contribution in [1.82, 2.24) is 10.2 Å². The van der Waals surface area contributed by atoms with Crippen LogP contribution in [0, 0.1) is 10.1 Å². The SMILES string of the molecule is CCOC(=O)N1CCc2c(sc3c2C(=O)N[C@H](c2ccc(-c4cc([N+](=O)[O-])ccc4Cl)o2)N3)C1. The van der Waals surface area contributed by atoms with E-state index in [0.717, 1.165) is 10.4 Å². The first-order valence-electron chi connectivity index (χ1n) is 10.5. The molecule has 2 amide bonds. The number of carbonyl (C=O) groups is 2. The standard InChI is InChI=1S/C22H19ClN4O6S/c1-2-32-22(29)26-8-7-12-17(10-26)34-21-18(12)20(28)24-19(25-21)16-6-5-15(33-16)13-9-11(27(30)31)3-4-14(13)23/h3-6,9,19,25H,2,7-8,10H2,1H3,(H,24,28)/t19-/m0/s1. The van der Waals surface area contributed by atoms with E-state index >= 15 is 0 Å². The molecule has 34 heavy (non-hydrogen) atoms. The number of nitro groups is 1. The molecule has 1 atom stereocenters. The summed E-state index contributed by atoms with van der Waals surface area (Å²) in [6.45, 7) is 2.94. The molecule has 2 aliphatic rings. The zero-order valence-electron chi connectivity index (χ0n) is 17.9. The minimum absolute atomic E-state index is 0.105. The fraction of sp³-hybridized carbons (Fsp3) is 0.273. The molecule has 3 aromatic rings. The maximum atomic E-state index is 13.0. The van der Waals surface area contributed by atoms with Crippen molar-refractivity contribution in [3.05, 3.63) is 67.2 Å². The Labute approximate surface area is 202 Å². The van der Waals surface area contributed by atoms with Gasteiger partial charge in [-0.05, 0) is 37.1 Å². The molecule has 0 radical (unpaired) electrons. The lowest BCUT2D eigenvalue weighted by atomic mass is 10.0. The number of nitrogens with one attached hydrogen (secondary N) is 2. The van der Waals surface area contributed by atoms with Gasteiger partial charge < -0.3 is 24.7 Å². The van der Waals surface area contributed by atoms with E-state index in [4.69, 9.17) is 20.8 Å². The molecule has 2 aliphatic heterocycles.